The maximum absolute atomic E-state index is 11.7. The molecule has 6 nitrogen and oxygen atoms in total. The van der Waals surface area contributed by atoms with Gasteiger partial charge in [-0.1, -0.05) is 36.4 Å². The second-order valence-electron chi connectivity index (χ2n) is 5.29. The average molecular weight is 469 g/mol. The van der Waals surface area contributed by atoms with Crippen LogP contribution in [0.25, 0.3) is 0 Å². The Morgan fingerprint density at radius 2 is 1.65 bits per heavy atom. The highest BCUT2D eigenvalue weighted by Gasteiger charge is 2.13. The third-order valence-electron chi connectivity index (χ3n) is 3.66. The van der Waals surface area contributed by atoms with Crippen LogP contribution in [0.2, 0.25) is 0 Å². The molecule has 0 unspecified atom stereocenters. The van der Waals surface area contributed by atoms with Crippen molar-refractivity contribution in [2.24, 2.45) is 4.99 Å². The number of nitrogens with zero attached hydrogens (tertiary/aromatic N) is 1. The first kappa shape index (κ1) is 21.8. The molecule has 0 atom stereocenters. The van der Waals surface area contributed by atoms with Crippen molar-refractivity contribution in [3.05, 3.63) is 65.2 Å². The second-order valence-corrected chi connectivity index (χ2v) is 5.29. The van der Waals surface area contributed by atoms with Gasteiger partial charge >= 0.3 is 5.97 Å². The molecule has 0 aliphatic rings. The number of hydrogen-bond donors (Lipinski definition) is 2. The van der Waals surface area contributed by atoms with Gasteiger partial charge in [0.05, 0.1) is 14.2 Å². The fraction of sp³-hybridized carbons (Fsp3) is 0.263. The number of aliphatic imine (C=N–C) groups is 1. The van der Waals surface area contributed by atoms with Crippen molar-refractivity contribution in [1.29, 1.82) is 0 Å². The van der Waals surface area contributed by atoms with Gasteiger partial charge in [0.2, 0.25) is 0 Å². The third-order valence-corrected chi connectivity index (χ3v) is 3.66. The Balaban J connectivity index is 0.00000338. The summed E-state index contributed by atoms with van der Waals surface area (Å²) >= 11 is 0. The van der Waals surface area contributed by atoms with Crippen molar-refractivity contribution in [2.45, 2.75) is 13.1 Å². The van der Waals surface area contributed by atoms with Crippen LogP contribution in [0.1, 0.15) is 21.5 Å². The van der Waals surface area contributed by atoms with Gasteiger partial charge in [-0.2, -0.15) is 0 Å². The van der Waals surface area contributed by atoms with Gasteiger partial charge in [-0.05, 0) is 23.3 Å². The van der Waals surface area contributed by atoms with E-state index >= 15 is 0 Å². The summed E-state index contributed by atoms with van der Waals surface area (Å²) in [5.41, 5.74) is 2.54. The molecule has 2 N–H and O–H groups in total. The summed E-state index contributed by atoms with van der Waals surface area (Å²) in [6.07, 6.45) is 0. The molecule has 0 saturated heterocycles. The van der Waals surface area contributed by atoms with E-state index in [1.165, 1.54) is 19.8 Å². The molecule has 140 valence electrons. The molecular formula is C19H24IN3O3. The maximum atomic E-state index is 11.7. The van der Waals surface area contributed by atoms with Crippen LogP contribution in [-0.2, 0) is 17.8 Å². The number of guanidine groups is 1. The van der Waals surface area contributed by atoms with Crippen LogP contribution >= 0.6 is 24.0 Å². The van der Waals surface area contributed by atoms with Gasteiger partial charge in [-0.15, -0.1) is 24.0 Å². The van der Waals surface area contributed by atoms with E-state index < -0.39 is 5.97 Å². The van der Waals surface area contributed by atoms with Gasteiger partial charge in [0, 0.05) is 20.1 Å². The minimum Gasteiger partial charge on any atom is -0.496 e. The summed E-state index contributed by atoms with van der Waals surface area (Å²) in [5.74, 6) is 0.759. The lowest BCUT2D eigenvalue weighted by molar-refractivity contribution is 0.0597. The predicted molar refractivity (Wildman–Crippen MR) is 113 cm³/mol. The first-order valence-electron chi connectivity index (χ1n) is 7.91. The van der Waals surface area contributed by atoms with Crippen molar-refractivity contribution in [3.8, 4) is 5.75 Å². The van der Waals surface area contributed by atoms with Crippen LogP contribution in [0.5, 0.6) is 5.75 Å². The van der Waals surface area contributed by atoms with E-state index in [1.807, 2.05) is 30.3 Å². The predicted octanol–water partition coefficient (Wildman–Crippen LogP) is 2.97. The van der Waals surface area contributed by atoms with E-state index in [4.69, 9.17) is 9.47 Å². The molecule has 2 aromatic carbocycles. The monoisotopic (exact) mass is 469 g/mol. The Kier molecular flexibility index (Phi) is 9.50. The topological polar surface area (TPSA) is 72.0 Å². The van der Waals surface area contributed by atoms with Crippen molar-refractivity contribution in [3.63, 3.8) is 0 Å². The first-order chi connectivity index (χ1) is 12.2. The largest absolute Gasteiger partial charge is 0.496 e. The SMILES string of the molecule is CN=C(NCc1ccccc1)NCc1ccc(C(=O)OC)c(OC)c1.I. The zero-order valence-electron chi connectivity index (χ0n) is 15.1. The van der Waals surface area contributed by atoms with Crippen LogP contribution in [-0.4, -0.2) is 33.2 Å². The molecule has 0 fully saturated rings. The summed E-state index contributed by atoms with van der Waals surface area (Å²) in [6, 6.07) is 15.5. The highest BCUT2D eigenvalue weighted by Crippen LogP contribution is 2.21. The summed E-state index contributed by atoms with van der Waals surface area (Å²) in [6.45, 7) is 1.23. The quantitative estimate of drug-likeness (QED) is 0.295. The molecule has 0 heterocycles. The Bertz CT molecular complexity index is 736. The fourth-order valence-corrected chi connectivity index (χ4v) is 2.31. The van der Waals surface area contributed by atoms with Crippen molar-refractivity contribution in [2.75, 3.05) is 21.3 Å². The Labute approximate surface area is 171 Å². The Morgan fingerprint density at radius 3 is 2.23 bits per heavy atom. The van der Waals surface area contributed by atoms with Crippen LogP contribution in [0.4, 0.5) is 0 Å². The van der Waals surface area contributed by atoms with E-state index in [0.29, 0.717) is 30.4 Å². The summed E-state index contributed by atoms with van der Waals surface area (Å²) in [7, 11) is 4.60. The van der Waals surface area contributed by atoms with Gasteiger partial charge in [0.15, 0.2) is 5.96 Å². The lowest BCUT2D eigenvalue weighted by Gasteiger charge is -2.13. The number of benzene rings is 2. The van der Waals surface area contributed by atoms with Crippen molar-refractivity contribution >= 4 is 35.9 Å². The van der Waals surface area contributed by atoms with E-state index in [1.54, 1.807) is 13.1 Å². The van der Waals surface area contributed by atoms with Gasteiger partial charge in [-0.3, -0.25) is 4.99 Å². The standard InChI is InChI=1S/C19H23N3O3.HI/c1-20-19(21-12-14-7-5-4-6-8-14)22-13-15-9-10-16(18(23)25-3)17(11-15)24-2;/h4-11H,12-13H2,1-3H3,(H2,20,21,22);1H. The van der Waals surface area contributed by atoms with E-state index in [9.17, 15) is 4.79 Å². The minimum atomic E-state index is -0.420. The van der Waals surface area contributed by atoms with E-state index in [0.717, 1.165) is 5.56 Å². The molecule has 0 spiro atoms. The molecule has 0 bridgehead atoms. The molecule has 0 amide bonds. The number of halogens is 1. The van der Waals surface area contributed by atoms with Crippen molar-refractivity contribution < 1.29 is 14.3 Å². The van der Waals surface area contributed by atoms with Gasteiger partial charge in [0.1, 0.15) is 11.3 Å². The number of hydrogen-bond acceptors (Lipinski definition) is 4. The zero-order valence-corrected chi connectivity index (χ0v) is 17.4. The molecule has 0 aromatic heterocycles. The Hall–Kier alpha value is -2.29. The number of nitrogens with one attached hydrogen (secondary N) is 2. The van der Waals surface area contributed by atoms with E-state index in [-0.39, 0.29) is 24.0 Å². The molecule has 26 heavy (non-hydrogen) atoms. The van der Waals surface area contributed by atoms with Crippen LogP contribution < -0.4 is 15.4 Å². The van der Waals surface area contributed by atoms with E-state index in [2.05, 4.69) is 27.8 Å². The average Bonchev–Trinajstić information content (AvgIpc) is 2.68. The number of carbonyl (C=O) groups excluding carboxylic acids is 1. The van der Waals surface area contributed by atoms with Crippen LogP contribution in [0.15, 0.2) is 53.5 Å². The lowest BCUT2D eigenvalue weighted by Crippen LogP contribution is -2.36. The molecule has 0 saturated carbocycles. The molecule has 0 radical (unpaired) electrons. The summed E-state index contributed by atoms with van der Waals surface area (Å²) < 4.78 is 10.0. The molecular weight excluding hydrogens is 445 g/mol. The van der Waals surface area contributed by atoms with Crippen LogP contribution in [0, 0.1) is 0 Å². The van der Waals surface area contributed by atoms with Gasteiger partial charge < -0.3 is 20.1 Å². The third kappa shape index (κ3) is 6.21. The molecule has 0 aliphatic carbocycles. The number of ether oxygens (including phenoxy) is 2. The van der Waals surface area contributed by atoms with Crippen LogP contribution in [0.3, 0.4) is 0 Å². The first-order valence-corrected chi connectivity index (χ1v) is 7.91. The molecule has 7 heteroatoms. The second kappa shape index (κ2) is 11.3. The normalized spacial score (nSPS) is 10.5. The van der Waals surface area contributed by atoms with Gasteiger partial charge in [-0.25, -0.2) is 4.79 Å². The minimum absolute atomic E-state index is 0. The highest BCUT2D eigenvalue weighted by atomic mass is 127. The smallest absolute Gasteiger partial charge is 0.341 e. The molecule has 2 aromatic rings. The highest BCUT2D eigenvalue weighted by molar-refractivity contribution is 14.0. The zero-order chi connectivity index (χ0) is 18.1. The number of rotatable bonds is 6. The summed E-state index contributed by atoms with van der Waals surface area (Å²) in [4.78, 5) is 15.9. The van der Waals surface area contributed by atoms with Gasteiger partial charge in [0.25, 0.3) is 0 Å². The van der Waals surface area contributed by atoms with Crippen molar-refractivity contribution in [1.82, 2.24) is 10.6 Å². The summed E-state index contributed by atoms with van der Waals surface area (Å²) in [5, 5.41) is 6.49. The lowest BCUT2D eigenvalue weighted by atomic mass is 10.1. The Morgan fingerprint density at radius 1 is 1.00 bits per heavy atom. The maximum Gasteiger partial charge on any atom is 0.341 e. The number of carbonyl (C=O) groups is 1. The number of esters is 1. The fourth-order valence-electron chi connectivity index (χ4n) is 2.31. The molecule has 0 aliphatic heterocycles. The molecule has 2 rings (SSSR count). The number of methoxy groups -OCH3 is 2.